The molecule has 0 radical (unpaired) electrons. The quantitative estimate of drug-likeness (QED) is 0.313. The van der Waals surface area contributed by atoms with Crippen molar-refractivity contribution in [3.8, 4) is 5.75 Å². The molecule has 1 aromatic carbocycles. The molecule has 1 aliphatic rings. The Morgan fingerprint density at radius 2 is 2.04 bits per heavy atom. The minimum absolute atomic E-state index is 0. The van der Waals surface area contributed by atoms with Crippen molar-refractivity contribution < 1.29 is 4.74 Å². The number of guanidine groups is 1. The molecule has 0 spiro atoms. The first-order valence-corrected chi connectivity index (χ1v) is 10.0. The molecular weight excluding hydrogens is 507 g/mol. The molecule has 26 heavy (non-hydrogen) atoms. The minimum atomic E-state index is 0. The van der Waals surface area contributed by atoms with Gasteiger partial charge in [0.05, 0.1) is 18.1 Å². The number of benzene rings is 1. The van der Waals surface area contributed by atoms with E-state index in [-0.39, 0.29) is 24.0 Å². The molecular formula is C19H32BrIN4O. The number of piperidine rings is 1. The number of rotatable bonds is 7. The molecule has 5 nitrogen and oxygen atoms in total. The van der Waals surface area contributed by atoms with Gasteiger partial charge < -0.3 is 20.3 Å². The summed E-state index contributed by atoms with van der Waals surface area (Å²) in [4.78, 5) is 7.30. The summed E-state index contributed by atoms with van der Waals surface area (Å²) in [5.41, 5.74) is 1.16. The van der Waals surface area contributed by atoms with Crippen LogP contribution in [0, 0.1) is 0 Å². The largest absolute Gasteiger partial charge is 0.496 e. The van der Waals surface area contributed by atoms with Gasteiger partial charge in [0.15, 0.2) is 5.96 Å². The lowest BCUT2D eigenvalue weighted by atomic mass is 10.1. The highest BCUT2D eigenvalue weighted by atomic mass is 127. The van der Waals surface area contributed by atoms with Crippen LogP contribution in [0.15, 0.2) is 27.7 Å². The standard InChI is InChI=1S/C19H31BrN4O.HI/c1-4-10-24-11-8-16(9-12-24)23-19(21-5-2)22-14-15-6-7-18(25-3)17(20)13-15;/h6-7,13,16H,4-5,8-12,14H2,1-3H3,(H2,21,22,23);1H. The first-order chi connectivity index (χ1) is 12.2. The van der Waals surface area contributed by atoms with Gasteiger partial charge in [-0.25, -0.2) is 4.99 Å². The molecule has 1 heterocycles. The highest BCUT2D eigenvalue weighted by Gasteiger charge is 2.19. The summed E-state index contributed by atoms with van der Waals surface area (Å²) in [7, 11) is 1.68. The average molecular weight is 539 g/mol. The molecule has 0 aliphatic carbocycles. The molecule has 1 aliphatic heterocycles. The molecule has 0 saturated carbocycles. The van der Waals surface area contributed by atoms with Crippen molar-refractivity contribution in [1.29, 1.82) is 0 Å². The van der Waals surface area contributed by atoms with Crippen LogP contribution in [0.4, 0.5) is 0 Å². The van der Waals surface area contributed by atoms with Gasteiger partial charge in [-0.2, -0.15) is 0 Å². The van der Waals surface area contributed by atoms with E-state index >= 15 is 0 Å². The van der Waals surface area contributed by atoms with Gasteiger partial charge in [-0.05, 0) is 66.4 Å². The number of halogens is 2. The Bertz CT molecular complexity index is 562. The van der Waals surface area contributed by atoms with Crippen molar-refractivity contribution in [3.05, 3.63) is 28.2 Å². The van der Waals surface area contributed by atoms with E-state index in [0.717, 1.165) is 28.3 Å². The fraction of sp³-hybridized carbons (Fsp3) is 0.632. The van der Waals surface area contributed by atoms with E-state index in [4.69, 9.17) is 9.73 Å². The summed E-state index contributed by atoms with van der Waals surface area (Å²) in [6.07, 6.45) is 3.59. The lowest BCUT2D eigenvalue weighted by molar-refractivity contribution is 0.206. The molecule has 1 saturated heterocycles. The monoisotopic (exact) mass is 538 g/mol. The molecule has 1 aromatic rings. The summed E-state index contributed by atoms with van der Waals surface area (Å²) in [6, 6.07) is 6.60. The second-order valence-corrected chi connectivity index (χ2v) is 7.28. The SMILES string of the molecule is CCCN1CCC(NC(=NCc2ccc(OC)c(Br)c2)NCC)CC1.I. The Morgan fingerprint density at radius 1 is 1.31 bits per heavy atom. The summed E-state index contributed by atoms with van der Waals surface area (Å²) < 4.78 is 6.24. The van der Waals surface area contributed by atoms with Crippen LogP contribution in [-0.4, -0.2) is 50.2 Å². The van der Waals surface area contributed by atoms with E-state index in [1.165, 1.54) is 38.9 Å². The molecule has 148 valence electrons. The normalized spacial score (nSPS) is 16.1. The summed E-state index contributed by atoms with van der Waals surface area (Å²) >= 11 is 3.53. The van der Waals surface area contributed by atoms with Crippen LogP contribution >= 0.6 is 39.9 Å². The average Bonchev–Trinajstić information content (AvgIpc) is 2.62. The molecule has 1 fully saturated rings. The van der Waals surface area contributed by atoms with Gasteiger partial charge in [0, 0.05) is 25.7 Å². The number of likely N-dealkylation sites (tertiary alicyclic amines) is 1. The zero-order valence-corrected chi connectivity index (χ0v) is 20.0. The van der Waals surface area contributed by atoms with Crippen LogP contribution < -0.4 is 15.4 Å². The van der Waals surface area contributed by atoms with Crippen molar-refractivity contribution >= 4 is 45.9 Å². The third-order valence-corrected chi connectivity index (χ3v) is 5.07. The number of nitrogens with one attached hydrogen (secondary N) is 2. The predicted molar refractivity (Wildman–Crippen MR) is 124 cm³/mol. The van der Waals surface area contributed by atoms with Crippen molar-refractivity contribution in [2.24, 2.45) is 4.99 Å². The Hall–Kier alpha value is -0.540. The van der Waals surface area contributed by atoms with Gasteiger partial charge in [-0.15, -0.1) is 24.0 Å². The van der Waals surface area contributed by atoms with Crippen molar-refractivity contribution in [1.82, 2.24) is 15.5 Å². The summed E-state index contributed by atoms with van der Waals surface area (Å²) in [5.74, 6) is 1.75. The molecule has 2 N–H and O–H groups in total. The lowest BCUT2D eigenvalue weighted by Gasteiger charge is -2.32. The van der Waals surface area contributed by atoms with Gasteiger partial charge in [0.2, 0.25) is 0 Å². The fourth-order valence-corrected chi connectivity index (χ4v) is 3.70. The minimum Gasteiger partial charge on any atom is -0.496 e. The van der Waals surface area contributed by atoms with Gasteiger partial charge in [-0.3, -0.25) is 0 Å². The Labute approximate surface area is 183 Å². The summed E-state index contributed by atoms with van der Waals surface area (Å²) in [6.45, 7) is 9.43. The number of nitrogens with zero attached hydrogens (tertiary/aromatic N) is 2. The molecule has 0 amide bonds. The number of ether oxygens (including phenoxy) is 1. The third-order valence-electron chi connectivity index (χ3n) is 4.45. The Kier molecular flexibility index (Phi) is 11.5. The molecule has 2 rings (SSSR count). The maximum absolute atomic E-state index is 5.28. The van der Waals surface area contributed by atoms with Crippen molar-refractivity contribution in [3.63, 3.8) is 0 Å². The van der Waals surface area contributed by atoms with E-state index in [2.05, 4.69) is 57.4 Å². The van der Waals surface area contributed by atoms with Crippen molar-refractivity contribution in [2.75, 3.05) is 33.3 Å². The first-order valence-electron chi connectivity index (χ1n) is 9.25. The molecule has 0 unspecified atom stereocenters. The van der Waals surface area contributed by atoms with E-state index in [0.29, 0.717) is 12.6 Å². The zero-order chi connectivity index (χ0) is 18.1. The van der Waals surface area contributed by atoms with E-state index in [9.17, 15) is 0 Å². The van der Waals surface area contributed by atoms with Crippen LogP contribution in [0.3, 0.4) is 0 Å². The summed E-state index contributed by atoms with van der Waals surface area (Å²) in [5, 5.41) is 6.97. The van der Waals surface area contributed by atoms with Crippen LogP contribution in [0.5, 0.6) is 5.75 Å². The fourth-order valence-electron chi connectivity index (χ4n) is 3.11. The highest BCUT2D eigenvalue weighted by molar-refractivity contribution is 14.0. The smallest absolute Gasteiger partial charge is 0.191 e. The zero-order valence-electron chi connectivity index (χ0n) is 16.1. The van der Waals surface area contributed by atoms with E-state index in [1.807, 2.05) is 6.07 Å². The second-order valence-electron chi connectivity index (χ2n) is 6.42. The van der Waals surface area contributed by atoms with Crippen LogP contribution in [0.2, 0.25) is 0 Å². The van der Waals surface area contributed by atoms with Gasteiger partial charge in [0.25, 0.3) is 0 Å². The number of methoxy groups -OCH3 is 1. The van der Waals surface area contributed by atoms with Gasteiger partial charge >= 0.3 is 0 Å². The molecule has 7 heteroatoms. The molecule has 0 aromatic heterocycles. The third kappa shape index (κ3) is 7.60. The Balaban J connectivity index is 0.00000338. The number of hydrogen-bond acceptors (Lipinski definition) is 3. The second kappa shape index (κ2) is 12.8. The molecule has 0 bridgehead atoms. The van der Waals surface area contributed by atoms with Gasteiger partial charge in [0.1, 0.15) is 5.75 Å². The topological polar surface area (TPSA) is 48.9 Å². The predicted octanol–water partition coefficient (Wildman–Crippen LogP) is 4.01. The van der Waals surface area contributed by atoms with Crippen molar-refractivity contribution in [2.45, 2.75) is 45.7 Å². The van der Waals surface area contributed by atoms with E-state index in [1.54, 1.807) is 7.11 Å². The van der Waals surface area contributed by atoms with Crippen LogP contribution in [-0.2, 0) is 6.54 Å². The van der Waals surface area contributed by atoms with Crippen LogP contribution in [0.25, 0.3) is 0 Å². The van der Waals surface area contributed by atoms with Gasteiger partial charge in [-0.1, -0.05) is 13.0 Å². The first kappa shape index (κ1) is 23.5. The lowest BCUT2D eigenvalue weighted by Crippen LogP contribution is -2.48. The van der Waals surface area contributed by atoms with E-state index < -0.39 is 0 Å². The molecule has 0 atom stereocenters. The maximum Gasteiger partial charge on any atom is 0.191 e. The number of hydrogen-bond donors (Lipinski definition) is 2. The highest BCUT2D eigenvalue weighted by Crippen LogP contribution is 2.25. The maximum atomic E-state index is 5.28. The van der Waals surface area contributed by atoms with Crippen LogP contribution in [0.1, 0.15) is 38.7 Å². The Morgan fingerprint density at radius 3 is 2.62 bits per heavy atom. The number of aliphatic imine (C=N–C) groups is 1.